The summed E-state index contributed by atoms with van der Waals surface area (Å²) in [6.07, 6.45) is 0. The third kappa shape index (κ3) is 3.72. The molecule has 0 radical (unpaired) electrons. The lowest BCUT2D eigenvalue weighted by atomic mass is 9.97. The average molecular weight is 347 g/mol. The Balaban J connectivity index is 1.81. The van der Waals surface area contributed by atoms with E-state index in [2.05, 4.69) is 5.32 Å². The first kappa shape index (κ1) is 17.2. The van der Waals surface area contributed by atoms with E-state index in [0.29, 0.717) is 12.2 Å². The Labute approximate surface area is 150 Å². The summed E-state index contributed by atoms with van der Waals surface area (Å²) in [6.45, 7) is 0.579. The molecule has 0 fully saturated rings. The highest BCUT2D eigenvalue weighted by atomic mass is 16.4. The largest absolute Gasteiger partial charge is 0.507 e. The van der Waals surface area contributed by atoms with Gasteiger partial charge in [0.1, 0.15) is 5.75 Å². The van der Waals surface area contributed by atoms with Crippen molar-refractivity contribution in [3.05, 3.63) is 95.1 Å². The highest BCUT2D eigenvalue weighted by molar-refractivity contribution is 6.15. The summed E-state index contributed by atoms with van der Waals surface area (Å²) in [4.78, 5) is 23.9. The van der Waals surface area contributed by atoms with E-state index >= 15 is 0 Å². The van der Waals surface area contributed by atoms with Crippen LogP contribution in [0.1, 0.15) is 31.8 Å². The van der Waals surface area contributed by atoms with E-state index in [1.165, 1.54) is 24.3 Å². The van der Waals surface area contributed by atoms with E-state index < -0.39 is 11.8 Å². The highest BCUT2D eigenvalue weighted by Crippen LogP contribution is 2.26. The first-order valence-electron chi connectivity index (χ1n) is 8.04. The predicted octanol–water partition coefficient (Wildman–Crippen LogP) is 3.93. The van der Waals surface area contributed by atoms with Crippen molar-refractivity contribution in [3.8, 4) is 5.75 Å². The second-order valence-electron chi connectivity index (χ2n) is 5.75. The molecule has 0 aliphatic rings. The predicted molar refractivity (Wildman–Crippen MR) is 98.7 cm³/mol. The maximum atomic E-state index is 12.6. The summed E-state index contributed by atoms with van der Waals surface area (Å²) >= 11 is 0. The summed E-state index contributed by atoms with van der Waals surface area (Å²) in [6, 6.07) is 20.3. The van der Waals surface area contributed by atoms with Gasteiger partial charge in [-0.1, -0.05) is 48.5 Å². The number of carboxylic acid groups (broad SMARTS) is 1. The van der Waals surface area contributed by atoms with Gasteiger partial charge >= 0.3 is 5.97 Å². The van der Waals surface area contributed by atoms with Crippen LogP contribution in [0.3, 0.4) is 0 Å². The summed E-state index contributed by atoms with van der Waals surface area (Å²) in [5.41, 5.74) is 1.75. The van der Waals surface area contributed by atoms with Crippen molar-refractivity contribution in [1.82, 2.24) is 0 Å². The van der Waals surface area contributed by atoms with Crippen molar-refractivity contribution in [2.75, 3.05) is 5.32 Å². The second-order valence-corrected chi connectivity index (χ2v) is 5.75. The van der Waals surface area contributed by atoms with Crippen LogP contribution in [0, 0.1) is 0 Å². The number of hydrogen-bond acceptors (Lipinski definition) is 4. The minimum Gasteiger partial charge on any atom is -0.507 e. The van der Waals surface area contributed by atoms with E-state index in [4.69, 9.17) is 0 Å². The van der Waals surface area contributed by atoms with Gasteiger partial charge in [0.05, 0.1) is 11.1 Å². The van der Waals surface area contributed by atoms with Gasteiger partial charge in [0.15, 0.2) is 5.78 Å². The zero-order valence-electron chi connectivity index (χ0n) is 13.8. The molecule has 26 heavy (non-hydrogen) atoms. The van der Waals surface area contributed by atoms with Crippen LogP contribution in [-0.2, 0) is 6.54 Å². The van der Waals surface area contributed by atoms with Crippen molar-refractivity contribution >= 4 is 17.4 Å². The molecule has 0 unspecified atom stereocenters. The van der Waals surface area contributed by atoms with Crippen molar-refractivity contribution in [2.24, 2.45) is 0 Å². The summed E-state index contributed by atoms with van der Waals surface area (Å²) < 4.78 is 0. The van der Waals surface area contributed by atoms with Crippen LogP contribution in [0.4, 0.5) is 5.69 Å². The van der Waals surface area contributed by atoms with Gasteiger partial charge in [-0.05, 0) is 23.8 Å². The molecule has 0 aromatic heterocycles. The van der Waals surface area contributed by atoms with Crippen LogP contribution >= 0.6 is 0 Å². The fourth-order valence-corrected chi connectivity index (χ4v) is 2.65. The number of aromatic carboxylic acids is 1. The summed E-state index contributed by atoms with van der Waals surface area (Å²) in [5.74, 6) is -1.92. The number of carboxylic acids is 1. The van der Waals surface area contributed by atoms with E-state index in [0.717, 1.165) is 5.56 Å². The number of anilines is 1. The third-order valence-electron chi connectivity index (χ3n) is 3.98. The quantitative estimate of drug-likeness (QED) is 0.588. The normalized spacial score (nSPS) is 10.3. The van der Waals surface area contributed by atoms with Crippen LogP contribution < -0.4 is 5.32 Å². The topological polar surface area (TPSA) is 86.6 Å². The Morgan fingerprint density at radius 2 is 1.46 bits per heavy atom. The fourth-order valence-electron chi connectivity index (χ4n) is 2.65. The molecule has 0 saturated carbocycles. The van der Waals surface area contributed by atoms with Gasteiger partial charge in [-0.25, -0.2) is 4.79 Å². The fraction of sp³-hybridized carbons (Fsp3) is 0.0476. The molecule has 5 nitrogen and oxygen atoms in total. The number of benzene rings is 3. The first-order valence-corrected chi connectivity index (χ1v) is 8.04. The second kappa shape index (κ2) is 7.53. The number of ketones is 1. The number of rotatable bonds is 6. The number of carbonyl (C=O) groups is 2. The summed E-state index contributed by atoms with van der Waals surface area (Å²) in [5, 5.41) is 22.6. The average Bonchev–Trinajstić information content (AvgIpc) is 2.66. The standard InChI is InChI=1S/C21H17NO4/c23-19-12-15(22-13-14-6-2-1-3-7-14)10-11-18(19)20(24)16-8-4-5-9-17(16)21(25)26/h1-12,22-23H,13H2,(H,25,26). The molecule has 0 heterocycles. The van der Waals surface area contributed by atoms with Crippen molar-refractivity contribution in [1.29, 1.82) is 0 Å². The molecule has 3 N–H and O–H groups in total. The SMILES string of the molecule is O=C(O)c1ccccc1C(=O)c1ccc(NCc2ccccc2)cc1O. The molecule has 130 valence electrons. The van der Waals surface area contributed by atoms with E-state index in [-0.39, 0.29) is 22.4 Å². The van der Waals surface area contributed by atoms with Crippen LogP contribution in [-0.4, -0.2) is 22.0 Å². The molecule has 0 saturated heterocycles. The molecule has 0 atom stereocenters. The van der Waals surface area contributed by atoms with E-state index in [1.54, 1.807) is 18.2 Å². The molecule has 3 rings (SSSR count). The molecule has 0 bridgehead atoms. The number of aromatic hydroxyl groups is 1. The number of phenolic OH excluding ortho intramolecular Hbond substituents is 1. The van der Waals surface area contributed by atoms with Crippen LogP contribution in [0.2, 0.25) is 0 Å². The van der Waals surface area contributed by atoms with Gasteiger partial charge < -0.3 is 15.5 Å². The maximum absolute atomic E-state index is 12.6. The smallest absolute Gasteiger partial charge is 0.336 e. The minimum atomic E-state index is -1.19. The highest BCUT2D eigenvalue weighted by Gasteiger charge is 2.20. The van der Waals surface area contributed by atoms with E-state index in [9.17, 15) is 19.8 Å². The zero-order chi connectivity index (χ0) is 18.5. The van der Waals surface area contributed by atoms with E-state index in [1.807, 2.05) is 30.3 Å². The van der Waals surface area contributed by atoms with Gasteiger partial charge in [0, 0.05) is 23.9 Å². The maximum Gasteiger partial charge on any atom is 0.336 e. The number of hydrogen-bond donors (Lipinski definition) is 3. The molecule has 3 aromatic carbocycles. The molecule has 0 spiro atoms. The van der Waals surface area contributed by atoms with Crippen molar-refractivity contribution < 1.29 is 19.8 Å². The van der Waals surface area contributed by atoms with Crippen LogP contribution in [0.15, 0.2) is 72.8 Å². The molecular weight excluding hydrogens is 330 g/mol. The van der Waals surface area contributed by atoms with Gasteiger partial charge in [0.2, 0.25) is 0 Å². The number of nitrogens with one attached hydrogen (secondary N) is 1. The Hall–Kier alpha value is -3.60. The summed E-state index contributed by atoms with van der Waals surface area (Å²) in [7, 11) is 0. The number of phenols is 1. The van der Waals surface area contributed by atoms with Crippen molar-refractivity contribution in [3.63, 3.8) is 0 Å². The lowest BCUT2D eigenvalue weighted by Crippen LogP contribution is -2.10. The minimum absolute atomic E-state index is 0.0419. The van der Waals surface area contributed by atoms with Gasteiger partial charge in [-0.3, -0.25) is 4.79 Å². The molecule has 0 aliphatic carbocycles. The molecule has 5 heteroatoms. The Bertz CT molecular complexity index is 951. The van der Waals surface area contributed by atoms with Gasteiger partial charge in [0.25, 0.3) is 0 Å². The molecule has 0 aliphatic heterocycles. The molecular formula is C21H17NO4. The first-order chi connectivity index (χ1) is 12.6. The molecule has 0 amide bonds. The van der Waals surface area contributed by atoms with Crippen molar-refractivity contribution in [2.45, 2.75) is 6.54 Å². The number of carbonyl (C=O) groups excluding carboxylic acids is 1. The monoisotopic (exact) mass is 347 g/mol. The Morgan fingerprint density at radius 1 is 0.808 bits per heavy atom. The zero-order valence-corrected chi connectivity index (χ0v) is 13.8. The lowest BCUT2D eigenvalue weighted by Gasteiger charge is -2.10. The van der Waals surface area contributed by atoms with Crippen LogP contribution in [0.5, 0.6) is 5.75 Å². The van der Waals surface area contributed by atoms with Gasteiger partial charge in [-0.2, -0.15) is 0 Å². The molecule has 3 aromatic rings. The van der Waals surface area contributed by atoms with Crippen LogP contribution in [0.25, 0.3) is 0 Å². The Kier molecular flexibility index (Phi) is 4.99. The lowest BCUT2D eigenvalue weighted by molar-refractivity contribution is 0.0692. The Morgan fingerprint density at radius 3 is 2.12 bits per heavy atom. The van der Waals surface area contributed by atoms with Gasteiger partial charge in [-0.15, -0.1) is 0 Å². The third-order valence-corrected chi connectivity index (χ3v) is 3.98.